The molecular weight excluding hydrogens is 332 g/mol. The minimum Gasteiger partial charge on any atom is -0.376 e. The predicted octanol–water partition coefficient (Wildman–Crippen LogP) is 2.51. The van der Waals surface area contributed by atoms with Crippen LogP contribution in [0.2, 0.25) is 0 Å². The standard InChI is InChI=1S/C19H26N4O3/c1-13(2)14-8-4-5-9-15(14)20-12-16(24)22-23-17(25)19(21-18(23)26)10-6-3-7-11-19/h4-5,8-9,13,20H,3,6-7,10-12H2,1-2H3,(H,21,26)(H,22,24). The molecule has 3 N–H and O–H groups in total. The van der Waals surface area contributed by atoms with Crippen LogP contribution in [0.5, 0.6) is 0 Å². The van der Waals surface area contributed by atoms with E-state index < -0.39 is 17.5 Å². The highest BCUT2D eigenvalue weighted by Crippen LogP contribution is 2.33. The van der Waals surface area contributed by atoms with Crippen LogP contribution in [0.15, 0.2) is 24.3 Å². The van der Waals surface area contributed by atoms with Gasteiger partial charge in [-0.15, -0.1) is 0 Å². The molecule has 1 aromatic carbocycles. The molecular formula is C19H26N4O3. The van der Waals surface area contributed by atoms with Crippen LogP contribution < -0.4 is 16.1 Å². The van der Waals surface area contributed by atoms with Crippen LogP contribution in [0.3, 0.4) is 0 Å². The molecule has 7 heteroatoms. The molecule has 140 valence electrons. The molecule has 1 spiro atoms. The van der Waals surface area contributed by atoms with E-state index in [2.05, 4.69) is 29.9 Å². The summed E-state index contributed by atoms with van der Waals surface area (Å²) in [6.07, 6.45) is 4.13. The molecule has 0 atom stereocenters. The molecule has 1 aliphatic heterocycles. The maximum Gasteiger partial charge on any atom is 0.344 e. The zero-order valence-electron chi connectivity index (χ0n) is 15.3. The lowest BCUT2D eigenvalue weighted by Crippen LogP contribution is -2.51. The largest absolute Gasteiger partial charge is 0.376 e. The van der Waals surface area contributed by atoms with Crippen molar-refractivity contribution in [3.05, 3.63) is 29.8 Å². The number of hydrogen-bond donors (Lipinski definition) is 3. The Kier molecular flexibility index (Phi) is 5.15. The number of hydrogen-bond acceptors (Lipinski definition) is 4. The number of nitrogens with zero attached hydrogens (tertiary/aromatic N) is 1. The summed E-state index contributed by atoms with van der Waals surface area (Å²) in [5, 5.41) is 6.70. The van der Waals surface area contributed by atoms with E-state index in [0.717, 1.165) is 35.5 Å². The SMILES string of the molecule is CC(C)c1ccccc1NCC(=O)NN1C(=O)NC2(CCCCC2)C1=O. The molecule has 0 aromatic heterocycles. The van der Waals surface area contributed by atoms with E-state index in [4.69, 9.17) is 0 Å². The van der Waals surface area contributed by atoms with Crippen LogP contribution in [0, 0.1) is 0 Å². The first-order valence-corrected chi connectivity index (χ1v) is 9.22. The highest BCUT2D eigenvalue weighted by molar-refractivity contribution is 6.08. The van der Waals surface area contributed by atoms with Crippen LogP contribution in [-0.2, 0) is 9.59 Å². The maximum absolute atomic E-state index is 12.7. The van der Waals surface area contributed by atoms with E-state index in [0.29, 0.717) is 18.8 Å². The van der Waals surface area contributed by atoms with E-state index in [1.54, 1.807) is 0 Å². The predicted molar refractivity (Wildman–Crippen MR) is 98.4 cm³/mol. The summed E-state index contributed by atoms with van der Waals surface area (Å²) < 4.78 is 0. The van der Waals surface area contributed by atoms with Gasteiger partial charge in [0, 0.05) is 5.69 Å². The van der Waals surface area contributed by atoms with Gasteiger partial charge in [-0.1, -0.05) is 51.3 Å². The summed E-state index contributed by atoms with van der Waals surface area (Å²) in [5.74, 6) is -0.461. The number of hydrazine groups is 1. The summed E-state index contributed by atoms with van der Waals surface area (Å²) in [6.45, 7) is 4.14. The van der Waals surface area contributed by atoms with Crippen LogP contribution >= 0.6 is 0 Å². The first-order chi connectivity index (χ1) is 12.4. The molecule has 0 unspecified atom stereocenters. The fourth-order valence-electron chi connectivity index (χ4n) is 3.72. The molecule has 4 amide bonds. The third kappa shape index (κ3) is 3.52. The summed E-state index contributed by atoms with van der Waals surface area (Å²) in [7, 11) is 0. The monoisotopic (exact) mass is 358 g/mol. The first-order valence-electron chi connectivity index (χ1n) is 9.22. The first kappa shape index (κ1) is 18.2. The topological polar surface area (TPSA) is 90.5 Å². The molecule has 7 nitrogen and oxygen atoms in total. The van der Waals surface area contributed by atoms with E-state index >= 15 is 0 Å². The summed E-state index contributed by atoms with van der Waals surface area (Å²) in [5.41, 5.74) is 3.59. The Labute approximate surface area is 153 Å². The second-order valence-corrected chi connectivity index (χ2v) is 7.34. The average molecular weight is 358 g/mol. The van der Waals surface area contributed by atoms with Crippen molar-refractivity contribution in [3.8, 4) is 0 Å². The summed E-state index contributed by atoms with van der Waals surface area (Å²) in [4.78, 5) is 37.1. The number of carbonyl (C=O) groups excluding carboxylic acids is 3. The molecule has 1 saturated carbocycles. The highest BCUT2D eigenvalue weighted by atomic mass is 16.2. The van der Waals surface area contributed by atoms with E-state index in [1.165, 1.54) is 0 Å². The Morgan fingerprint density at radius 2 is 1.88 bits per heavy atom. The Morgan fingerprint density at radius 1 is 1.19 bits per heavy atom. The molecule has 1 aliphatic carbocycles. The molecule has 26 heavy (non-hydrogen) atoms. The number of urea groups is 1. The van der Waals surface area contributed by atoms with Gasteiger partial charge in [-0.2, -0.15) is 5.01 Å². The molecule has 0 bridgehead atoms. The van der Waals surface area contributed by atoms with Crippen molar-refractivity contribution in [2.45, 2.75) is 57.4 Å². The second kappa shape index (κ2) is 7.35. The van der Waals surface area contributed by atoms with E-state index in [9.17, 15) is 14.4 Å². The van der Waals surface area contributed by atoms with Crippen LogP contribution in [0.1, 0.15) is 57.4 Å². The van der Waals surface area contributed by atoms with Gasteiger partial charge in [-0.3, -0.25) is 15.0 Å². The molecule has 3 rings (SSSR count). The molecule has 1 saturated heterocycles. The number of nitrogens with one attached hydrogen (secondary N) is 3. The Bertz CT molecular complexity index is 710. The number of anilines is 1. The summed E-state index contributed by atoms with van der Waals surface area (Å²) >= 11 is 0. The number of imide groups is 1. The fraction of sp³-hybridized carbons (Fsp3) is 0.526. The van der Waals surface area contributed by atoms with Crippen molar-refractivity contribution in [2.75, 3.05) is 11.9 Å². The minimum absolute atomic E-state index is 0.0200. The lowest BCUT2D eigenvalue weighted by molar-refractivity contribution is -0.139. The van der Waals surface area contributed by atoms with Gasteiger partial charge in [0.1, 0.15) is 5.54 Å². The van der Waals surface area contributed by atoms with Crippen LogP contribution in [-0.4, -0.2) is 34.9 Å². The molecule has 0 radical (unpaired) electrons. The number of para-hydroxylation sites is 1. The Hall–Kier alpha value is -2.57. The number of benzene rings is 1. The third-order valence-electron chi connectivity index (χ3n) is 5.13. The third-order valence-corrected chi connectivity index (χ3v) is 5.13. The van der Waals surface area contributed by atoms with Crippen molar-refractivity contribution in [3.63, 3.8) is 0 Å². The maximum atomic E-state index is 12.7. The van der Waals surface area contributed by atoms with E-state index in [-0.39, 0.29) is 12.5 Å². The number of amides is 4. The van der Waals surface area contributed by atoms with Gasteiger partial charge in [0.15, 0.2) is 0 Å². The van der Waals surface area contributed by atoms with Crippen LogP contribution in [0.4, 0.5) is 10.5 Å². The van der Waals surface area contributed by atoms with Gasteiger partial charge in [0.25, 0.3) is 11.8 Å². The molecule has 2 aliphatic rings. The van der Waals surface area contributed by atoms with Crippen LogP contribution in [0.25, 0.3) is 0 Å². The minimum atomic E-state index is -0.833. The zero-order chi connectivity index (χ0) is 18.7. The smallest absolute Gasteiger partial charge is 0.344 e. The molecule has 1 aromatic rings. The highest BCUT2D eigenvalue weighted by Gasteiger charge is 2.52. The lowest BCUT2D eigenvalue weighted by atomic mass is 9.82. The Morgan fingerprint density at radius 3 is 2.58 bits per heavy atom. The van der Waals surface area contributed by atoms with Gasteiger partial charge in [0.2, 0.25) is 0 Å². The average Bonchev–Trinajstić information content (AvgIpc) is 2.85. The van der Waals surface area contributed by atoms with Gasteiger partial charge in [0.05, 0.1) is 6.54 Å². The van der Waals surface area contributed by atoms with E-state index in [1.807, 2.05) is 24.3 Å². The van der Waals surface area contributed by atoms with Crippen molar-refractivity contribution < 1.29 is 14.4 Å². The number of carbonyl (C=O) groups is 3. The lowest BCUT2D eigenvalue weighted by Gasteiger charge is -2.30. The summed E-state index contributed by atoms with van der Waals surface area (Å²) in [6, 6.07) is 7.23. The molecule has 1 heterocycles. The van der Waals surface area contributed by atoms with Gasteiger partial charge in [-0.25, -0.2) is 4.79 Å². The zero-order valence-corrected chi connectivity index (χ0v) is 15.3. The van der Waals surface area contributed by atoms with Crippen molar-refractivity contribution in [2.24, 2.45) is 0 Å². The fourth-order valence-corrected chi connectivity index (χ4v) is 3.72. The Balaban J connectivity index is 1.60. The van der Waals surface area contributed by atoms with Crippen molar-refractivity contribution in [1.82, 2.24) is 15.8 Å². The quantitative estimate of drug-likeness (QED) is 0.706. The number of rotatable bonds is 5. The van der Waals surface area contributed by atoms with Gasteiger partial charge < -0.3 is 10.6 Å². The normalized spacial score (nSPS) is 19.0. The second-order valence-electron chi connectivity index (χ2n) is 7.34. The van der Waals surface area contributed by atoms with Crippen molar-refractivity contribution in [1.29, 1.82) is 0 Å². The molecule has 2 fully saturated rings. The van der Waals surface area contributed by atoms with Gasteiger partial charge in [-0.05, 0) is 30.4 Å². The van der Waals surface area contributed by atoms with Crippen molar-refractivity contribution >= 4 is 23.5 Å². The van der Waals surface area contributed by atoms with Gasteiger partial charge >= 0.3 is 6.03 Å².